The summed E-state index contributed by atoms with van der Waals surface area (Å²) in [7, 11) is -1.09. The number of pyridine rings is 1. The molecule has 0 bridgehead atoms. The number of halogens is 1. The normalized spacial score (nSPS) is 12.1. The van der Waals surface area contributed by atoms with Crippen molar-refractivity contribution < 1.29 is 9.00 Å². The van der Waals surface area contributed by atoms with Gasteiger partial charge >= 0.3 is 0 Å². The van der Waals surface area contributed by atoms with E-state index in [2.05, 4.69) is 20.3 Å². The van der Waals surface area contributed by atoms with Crippen molar-refractivity contribution in [1.29, 1.82) is 0 Å². The molecule has 8 heteroatoms. The highest BCUT2D eigenvalue weighted by atomic mass is 35.5. The van der Waals surface area contributed by atoms with Crippen LogP contribution in [0.4, 0.5) is 5.69 Å². The molecule has 0 fully saturated rings. The van der Waals surface area contributed by atoms with Gasteiger partial charge in [-0.2, -0.15) is 0 Å². The lowest BCUT2D eigenvalue weighted by Crippen LogP contribution is -2.12. The number of fused-ring (bicyclic) bond motifs is 1. The van der Waals surface area contributed by atoms with Crippen LogP contribution in [0.25, 0.3) is 22.6 Å². The van der Waals surface area contributed by atoms with E-state index in [0.717, 1.165) is 11.1 Å². The number of hydrogen-bond donors (Lipinski definition) is 2. The number of aromatic amines is 1. The minimum Gasteiger partial charge on any atom is -0.337 e. The number of hydrogen-bond acceptors (Lipinski definition) is 4. The van der Waals surface area contributed by atoms with Gasteiger partial charge in [0, 0.05) is 45.0 Å². The highest BCUT2D eigenvalue weighted by Crippen LogP contribution is 2.30. The fourth-order valence-electron chi connectivity index (χ4n) is 2.92. The molecule has 0 aliphatic rings. The van der Waals surface area contributed by atoms with Crippen LogP contribution in [0.1, 0.15) is 15.9 Å². The topological polar surface area (TPSA) is 87.7 Å². The summed E-state index contributed by atoms with van der Waals surface area (Å²) in [6.07, 6.45) is 3.35. The molecule has 0 aliphatic heterocycles. The Labute approximate surface area is 174 Å². The fraction of sp³-hybridized carbons (Fsp3) is 0.0952. The Morgan fingerprint density at radius 1 is 1.14 bits per heavy atom. The van der Waals surface area contributed by atoms with Gasteiger partial charge in [-0.05, 0) is 61.0 Å². The average Bonchev–Trinajstić information content (AvgIpc) is 3.12. The first-order chi connectivity index (χ1) is 13.9. The lowest BCUT2D eigenvalue weighted by Gasteiger charge is -2.08. The van der Waals surface area contributed by atoms with Crippen LogP contribution in [-0.2, 0) is 10.8 Å². The predicted octanol–water partition coefficient (Wildman–Crippen LogP) is 4.58. The van der Waals surface area contributed by atoms with Crippen LogP contribution in [0, 0.1) is 6.92 Å². The summed E-state index contributed by atoms with van der Waals surface area (Å²) >= 11 is 6.37. The SMILES string of the molecule is Cc1cnc2nc(-c3cc(NC(=O)c4ccc(S(C)=O)cc4)ccc3Cl)[nH]c2c1. The minimum absolute atomic E-state index is 0.270. The number of carbonyl (C=O) groups excluding carboxylic acids is 1. The highest BCUT2D eigenvalue weighted by molar-refractivity contribution is 7.84. The summed E-state index contributed by atoms with van der Waals surface area (Å²) in [6, 6.07) is 13.8. The van der Waals surface area contributed by atoms with Gasteiger partial charge in [0.25, 0.3) is 5.91 Å². The number of amides is 1. The summed E-state index contributed by atoms with van der Waals surface area (Å²) in [5.74, 6) is 0.308. The smallest absolute Gasteiger partial charge is 0.255 e. The molecule has 0 radical (unpaired) electrons. The molecule has 2 aromatic heterocycles. The van der Waals surface area contributed by atoms with E-state index in [-0.39, 0.29) is 5.91 Å². The van der Waals surface area contributed by atoms with Gasteiger partial charge in [-0.1, -0.05) is 11.6 Å². The van der Waals surface area contributed by atoms with E-state index in [9.17, 15) is 9.00 Å². The first-order valence-corrected chi connectivity index (χ1v) is 10.7. The fourth-order valence-corrected chi connectivity index (χ4v) is 3.64. The predicted molar refractivity (Wildman–Crippen MR) is 116 cm³/mol. The van der Waals surface area contributed by atoms with Gasteiger partial charge in [0.15, 0.2) is 5.65 Å². The number of nitrogens with zero attached hydrogens (tertiary/aromatic N) is 2. The van der Waals surface area contributed by atoms with E-state index in [4.69, 9.17) is 11.6 Å². The van der Waals surface area contributed by atoms with Crippen molar-refractivity contribution in [3.05, 3.63) is 70.9 Å². The van der Waals surface area contributed by atoms with Gasteiger partial charge in [-0.3, -0.25) is 9.00 Å². The van der Waals surface area contributed by atoms with Gasteiger partial charge in [0.1, 0.15) is 5.82 Å². The number of imidazole rings is 1. The highest BCUT2D eigenvalue weighted by Gasteiger charge is 2.13. The molecule has 0 spiro atoms. The number of carbonyl (C=O) groups is 1. The second kappa shape index (κ2) is 7.77. The zero-order chi connectivity index (χ0) is 20.5. The third kappa shape index (κ3) is 4.06. The summed E-state index contributed by atoms with van der Waals surface area (Å²) < 4.78 is 11.5. The van der Waals surface area contributed by atoms with Crippen LogP contribution in [0.3, 0.4) is 0 Å². The largest absolute Gasteiger partial charge is 0.337 e. The van der Waals surface area contributed by atoms with Crippen molar-refractivity contribution in [3.63, 3.8) is 0 Å². The molecule has 2 heterocycles. The van der Waals surface area contributed by atoms with E-state index in [1.165, 1.54) is 0 Å². The van der Waals surface area contributed by atoms with Crippen molar-refractivity contribution >= 4 is 45.2 Å². The standard InChI is InChI=1S/C21H17ClN4O2S/c1-12-9-18-20(23-11-12)26-19(25-18)16-10-14(5-8-17(16)22)24-21(27)13-3-6-15(7-4-13)29(2)28/h3-11H,1-2H3,(H,24,27)(H,23,25,26). The maximum Gasteiger partial charge on any atom is 0.255 e. The Bertz CT molecular complexity index is 1250. The molecule has 1 unspecified atom stereocenters. The van der Waals surface area contributed by atoms with Crippen LogP contribution < -0.4 is 5.32 Å². The van der Waals surface area contributed by atoms with Crippen LogP contribution in [0.5, 0.6) is 0 Å². The molecular weight excluding hydrogens is 408 g/mol. The Morgan fingerprint density at radius 2 is 1.90 bits per heavy atom. The third-order valence-electron chi connectivity index (χ3n) is 4.40. The molecule has 2 aromatic carbocycles. The van der Waals surface area contributed by atoms with E-state index < -0.39 is 10.8 Å². The van der Waals surface area contributed by atoms with E-state index >= 15 is 0 Å². The summed E-state index contributed by atoms with van der Waals surface area (Å²) in [4.78, 5) is 25.3. The molecule has 6 nitrogen and oxygen atoms in total. The minimum atomic E-state index is -1.09. The molecule has 29 heavy (non-hydrogen) atoms. The second-order valence-electron chi connectivity index (χ2n) is 6.60. The van der Waals surface area contributed by atoms with Crippen LogP contribution in [-0.4, -0.2) is 31.3 Å². The first-order valence-electron chi connectivity index (χ1n) is 8.78. The van der Waals surface area contributed by atoms with Gasteiger partial charge in [-0.25, -0.2) is 9.97 Å². The van der Waals surface area contributed by atoms with Crippen molar-refractivity contribution in [2.24, 2.45) is 0 Å². The van der Waals surface area contributed by atoms with E-state index in [1.54, 1.807) is 54.9 Å². The van der Waals surface area contributed by atoms with Gasteiger partial charge in [0.05, 0.1) is 10.5 Å². The molecule has 0 saturated carbocycles. The zero-order valence-corrected chi connectivity index (χ0v) is 17.3. The number of nitrogens with one attached hydrogen (secondary N) is 2. The number of benzene rings is 2. The number of H-pyrrole nitrogens is 1. The van der Waals surface area contributed by atoms with Crippen LogP contribution in [0.2, 0.25) is 5.02 Å². The molecule has 146 valence electrons. The third-order valence-corrected chi connectivity index (χ3v) is 5.67. The van der Waals surface area contributed by atoms with Crippen molar-refractivity contribution in [2.75, 3.05) is 11.6 Å². The molecule has 1 amide bonds. The Morgan fingerprint density at radius 3 is 2.62 bits per heavy atom. The van der Waals surface area contributed by atoms with E-state index in [0.29, 0.717) is 38.2 Å². The molecule has 0 saturated heterocycles. The van der Waals surface area contributed by atoms with Crippen molar-refractivity contribution in [2.45, 2.75) is 11.8 Å². The molecule has 2 N–H and O–H groups in total. The molecule has 1 atom stereocenters. The Hall–Kier alpha value is -3.03. The number of aryl methyl sites for hydroxylation is 1. The lowest BCUT2D eigenvalue weighted by molar-refractivity contribution is 0.102. The molecule has 4 rings (SSSR count). The maximum absolute atomic E-state index is 12.6. The van der Waals surface area contributed by atoms with Gasteiger partial charge in [-0.15, -0.1) is 0 Å². The summed E-state index contributed by atoms with van der Waals surface area (Å²) in [5, 5.41) is 3.36. The van der Waals surface area contributed by atoms with Crippen LogP contribution >= 0.6 is 11.6 Å². The second-order valence-corrected chi connectivity index (χ2v) is 8.38. The van der Waals surface area contributed by atoms with Crippen molar-refractivity contribution in [1.82, 2.24) is 15.0 Å². The van der Waals surface area contributed by atoms with Gasteiger partial charge in [0.2, 0.25) is 0 Å². The maximum atomic E-state index is 12.6. The van der Waals surface area contributed by atoms with Gasteiger partial charge < -0.3 is 10.3 Å². The lowest BCUT2D eigenvalue weighted by atomic mass is 10.1. The zero-order valence-electron chi connectivity index (χ0n) is 15.7. The quantitative estimate of drug-likeness (QED) is 0.502. The molecule has 0 aliphatic carbocycles. The Kier molecular flexibility index (Phi) is 5.17. The Balaban J connectivity index is 1.62. The summed E-state index contributed by atoms with van der Waals surface area (Å²) in [5.41, 5.74) is 4.17. The first kappa shape index (κ1) is 19.3. The van der Waals surface area contributed by atoms with Crippen molar-refractivity contribution in [3.8, 4) is 11.4 Å². The average molecular weight is 425 g/mol. The van der Waals surface area contributed by atoms with E-state index in [1.807, 2.05) is 13.0 Å². The molecular formula is C21H17ClN4O2S. The summed E-state index contributed by atoms with van der Waals surface area (Å²) in [6.45, 7) is 1.96. The number of rotatable bonds is 4. The number of anilines is 1. The monoisotopic (exact) mass is 424 g/mol. The van der Waals surface area contributed by atoms with Crippen LogP contribution in [0.15, 0.2) is 59.6 Å². The molecule has 4 aromatic rings. The number of aromatic nitrogens is 3.